The van der Waals surface area contributed by atoms with Crippen molar-refractivity contribution < 1.29 is 4.43 Å². The molecule has 0 aliphatic heterocycles. The predicted molar refractivity (Wildman–Crippen MR) is 209 cm³/mol. The Balaban J connectivity index is 1.53. The molecule has 0 spiro atoms. The van der Waals surface area contributed by atoms with Crippen molar-refractivity contribution in [3.8, 4) is 0 Å². The first-order valence-electron chi connectivity index (χ1n) is 16.0. The van der Waals surface area contributed by atoms with Crippen molar-refractivity contribution in [2.45, 2.75) is 6.92 Å². The van der Waals surface area contributed by atoms with Gasteiger partial charge in [-0.25, -0.2) is 0 Å². The van der Waals surface area contributed by atoms with Gasteiger partial charge in [-0.05, 0) is 79.9 Å². The highest BCUT2D eigenvalue weighted by atomic mass is 31.1. The summed E-state index contributed by atoms with van der Waals surface area (Å²) >= 11 is 0. The lowest BCUT2D eigenvalue weighted by Gasteiger charge is -2.40. The van der Waals surface area contributed by atoms with Crippen LogP contribution >= 0.6 is 23.8 Å². The van der Waals surface area contributed by atoms with Crippen molar-refractivity contribution in [1.29, 1.82) is 0 Å². The van der Waals surface area contributed by atoms with Crippen molar-refractivity contribution in [3.63, 3.8) is 0 Å². The van der Waals surface area contributed by atoms with E-state index in [0.717, 1.165) is 24.0 Å². The summed E-state index contributed by atoms with van der Waals surface area (Å²) in [4.78, 5) is 0. The highest BCUT2D eigenvalue weighted by Crippen LogP contribution is 2.47. The summed E-state index contributed by atoms with van der Waals surface area (Å²) in [6.45, 7) is 2.95. The number of benzene rings is 6. The Labute approximate surface area is 280 Å². The van der Waals surface area contributed by atoms with E-state index in [2.05, 4.69) is 189 Å². The topological polar surface area (TPSA) is 9.23 Å². The van der Waals surface area contributed by atoms with E-state index in [-0.39, 0.29) is 0 Å². The van der Waals surface area contributed by atoms with Gasteiger partial charge >= 0.3 is 0 Å². The van der Waals surface area contributed by atoms with E-state index in [4.69, 9.17) is 4.43 Å². The molecule has 0 heterocycles. The van der Waals surface area contributed by atoms with Crippen LogP contribution in [0.4, 0.5) is 0 Å². The summed E-state index contributed by atoms with van der Waals surface area (Å²) in [6.07, 6.45) is 0. The van der Waals surface area contributed by atoms with Crippen molar-refractivity contribution >= 4 is 63.9 Å². The van der Waals surface area contributed by atoms with E-state index in [1.165, 1.54) is 31.8 Å². The van der Waals surface area contributed by atoms with Crippen LogP contribution in [-0.4, -0.2) is 32.3 Å². The largest absolute Gasteiger partial charge is 0.416 e. The summed E-state index contributed by atoms with van der Waals surface area (Å²) in [5.41, 5.74) is 0. The van der Waals surface area contributed by atoms with E-state index in [1.54, 1.807) is 0 Å². The fraction of sp³-hybridized carbons (Fsp3) is 0.122. The zero-order chi connectivity index (χ0) is 31.4. The van der Waals surface area contributed by atoms with Crippen LogP contribution in [0.2, 0.25) is 0 Å². The van der Waals surface area contributed by atoms with E-state index < -0.39 is 32.1 Å². The zero-order valence-corrected chi connectivity index (χ0v) is 30.1. The molecule has 1 nitrogen and oxygen atoms in total. The molecule has 46 heavy (non-hydrogen) atoms. The van der Waals surface area contributed by atoms with Crippen LogP contribution in [0, 0.1) is 0 Å². The second kappa shape index (κ2) is 16.6. The maximum Gasteiger partial charge on any atom is 0.207 e. The standard InChI is InChI=1S/C41H41OP3Si/c1-2-42-46(33-43(36-21-9-3-10-22-36)37-23-11-4-12-24-37,34-44(38-25-13-5-14-26-38)39-27-15-6-16-28-39)35-45(40-29-17-7-18-30-40)41-31-19-8-20-32-41/h3-32H,2,33-35H2,1H3. The normalized spacial score (nSPS) is 11.7. The smallest absolute Gasteiger partial charge is 0.207 e. The third-order valence-corrected chi connectivity index (χ3v) is 25.3. The maximum absolute atomic E-state index is 7.44. The Morgan fingerprint density at radius 1 is 0.348 bits per heavy atom. The van der Waals surface area contributed by atoms with Crippen LogP contribution in [0.5, 0.6) is 0 Å². The van der Waals surface area contributed by atoms with Gasteiger partial charge in [-0.2, -0.15) is 0 Å². The fourth-order valence-electron chi connectivity index (χ4n) is 6.10. The van der Waals surface area contributed by atoms with E-state index in [0.29, 0.717) is 0 Å². The summed E-state index contributed by atoms with van der Waals surface area (Å²) in [7, 11) is -4.38. The van der Waals surface area contributed by atoms with Crippen LogP contribution in [0.25, 0.3) is 0 Å². The summed E-state index contributed by atoms with van der Waals surface area (Å²) in [6, 6.07) is 67.5. The first-order chi connectivity index (χ1) is 22.7. The summed E-state index contributed by atoms with van der Waals surface area (Å²) < 4.78 is 7.44. The van der Waals surface area contributed by atoms with Crippen LogP contribution < -0.4 is 31.8 Å². The van der Waals surface area contributed by atoms with Crippen LogP contribution in [0.15, 0.2) is 182 Å². The van der Waals surface area contributed by atoms with Crippen molar-refractivity contribution in [3.05, 3.63) is 182 Å². The van der Waals surface area contributed by atoms with Crippen LogP contribution in [-0.2, 0) is 4.43 Å². The summed E-state index contributed by atoms with van der Waals surface area (Å²) in [5, 5.41) is 8.63. The highest BCUT2D eigenvalue weighted by Gasteiger charge is 2.43. The Hall–Kier alpha value is -3.21. The second-order valence-corrected chi connectivity index (χ2v) is 23.5. The molecule has 0 aliphatic rings. The van der Waals surface area contributed by atoms with Gasteiger partial charge in [0.25, 0.3) is 0 Å². The van der Waals surface area contributed by atoms with E-state index in [9.17, 15) is 0 Å². The highest BCUT2D eigenvalue weighted by molar-refractivity contribution is 7.80. The maximum atomic E-state index is 7.44. The molecule has 6 aromatic carbocycles. The van der Waals surface area contributed by atoms with Gasteiger partial charge in [0.2, 0.25) is 8.32 Å². The SMILES string of the molecule is CCO[Si](CP(c1ccccc1)c1ccccc1)(CP(c1ccccc1)c1ccccc1)CP(c1ccccc1)c1ccccc1. The Morgan fingerprint density at radius 3 is 0.717 bits per heavy atom. The molecule has 230 valence electrons. The molecule has 0 aromatic heterocycles. The molecule has 0 radical (unpaired) electrons. The minimum Gasteiger partial charge on any atom is -0.416 e. The quantitative estimate of drug-likeness (QED) is 0.0844. The summed E-state index contributed by atoms with van der Waals surface area (Å²) in [5.74, 6) is 3.30. The lowest BCUT2D eigenvalue weighted by molar-refractivity contribution is 0.332. The molecule has 0 atom stereocenters. The van der Waals surface area contributed by atoms with Crippen LogP contribution in [0.3, 0.4) is 0 Å². The zero-order valence-electron chi connectivity index (χ0n) is 26.4. The first-order valence-corrected chi connectivity index (χ1v) is 23.1. The van der Waals surface area contributed by atoms with Crippen molar-refractivity contribution in [2.75, 3.05) is 24.0 Å². The van der Waals surface area contributed by atoms with Gasteiger partial charge in [-0.15, -0.1) is 0 Å². The number of hydrogen-bond acceptors (Lipinski definition) is 1. The molecule has 6 aromatic rings. The molecule has 0 saturated carbocycles. The van der Waals surface area contributed by atoms with Gasteiger partial charge < -0.3 is 4.43 Å². The van der Waals surface area contributed by atoms with Gasteiger partial charge in [-0.3, -0.25) is 0 Å². The lowest BCUT2D eigenvalue weighted by Crippen LogP contribution is -2.53. The number of hydrogen-bond donors (Lipinski definition) is 0. The number of rotatable bonds is 14. The van der Waals surface area contributed by atoms with Crippen LogP contribution in [0.1, 0.15) is 6.92 Å². The van der Waals surface area contributed by atoms with Gasteiger partial charge in [-0.1, -0.05) is 182 Å². The molecule has 5 heteroatoms. The molecule has 0 N–H and O–H groups in total. The monoisotopic (exact) mass is 670 g/mol. The predicted octanol–water partition coefficient (Wildman–Crippen LogP) is 7.98. The average Bonchev–Trinajstić information content (AvgIpc) is 3.14. The van der Waals surface area contributed by atoms with Gasteiger partial charge in [0.1, 0.15) is 0 Å². The van der Waals surface area contributed by atoms with Crippen molar-refractivity contribution in [1.82, 2.24) is 0 Å². The third-order valence-electron chi connectivity index (χ3n) is 8.20. The van der Waals surface area contributed by atoms with Gasteiger partial charge in [0.15, 0.2) is 0 Å². The average molecular weight is 671 g/mol. The Morgan fingerprint density at radius 2 is 0.543 bits per heavy atom. The first kappa shape index (κ1) is 32.7. The molecule has 6 rings (SSSR count). The molecule has 0 amide bonds. The van der Waals surface area contributed by atoms with E-state index in [1.807, 2.05) is 0 Å². The lowest BCUT2D eigenvalue weighted by atomic mass is 10.4. The molecular formula is C41H41OP3Si. The van der Waals surface area contributed by atoms with Gasteiger partial charge in [0, 0.05) is 6.61 Å². The second-order valence-electron chi connectivity index (χ2n) is 11.4. The molecule has 0 aliphatic carbocycles. The minimum absolute atomic E-state index is 0.630. The van der Waals surface area contributed by atoms with Gasteiger partial charge in [0.05, 0.1) is 0 Å². The molecule has 0 unspecified atom stereocenters. The van der Waals surface area contributed by atoms with E-state index >= 15 is 0 Å². The molecule has 0 bridgehead atoms. The molecule has 0 saturated heterocycles. The Kier molecular flexibility index (Phi) is 11.8. The fourth-order valence-corrected chi connectivity index (χ4v) is 27.1. The van der Waals surface area contributed by atoms with Crippen molar-refractivity contribution in [2.24, 2.45) is 0 Å². The molecule has 0 fully saturated rings. The Bertz CT molecular complexity index is 1400. The molecular weight excluding hydrogens is 629 g/mol. The third kappa shape index (κ3) is 8.38. The minimum atomic E-state index is -2.50.